The molecular weight excluding hydrogens is 442 g/mol. The number of thiophene rings is 1. The molecule has 0 aliphatic carbocycles. The maximum atomic E-state index is 13.2. The van der Waals surface area contributed by atoms with E-state index in [0.717, 1.165) is 28.1 Å². The number of ether oxygens (including phenoxy) is 1. The van der Waals surface area contributed by atoms with Crippen LogP contribution in [0.1, 0.15) is 36.3 Å². The van der Waals surface area contributed by atoms with Gasteiger partial charge in [0.25, 0.3) is 5.56 Å². The Morgan fingerprint density at radius 1 is 1.25 bits per heavy atom. The fourth-order valence-electron chi connectivity index (χ4n) is 3.45. The average molecular weight is 474 g/mol. The molecule has 0 unspecified atom stereocenters. The summed E-state index contributed by atoms with van der Waals surface area (Å²) in [6, 6.07) is 10.3. The summed E-state index contributed by atoms with van der Waals surface area (Å²) >= 11 is 2.84. The number of carbonyl (C=O) groups excluding carboxylic acids is 1. The van der Waals surface area contributed by atoms with Crippen molar-refractivity contribution in [2.75, 3.05) is 13.7 Å². The topological polar surface area (TPSA) is 73.2 Å². The molecule has 2 heterocycles. The van der Waals surface area contributed by atoms with Crippen molar-refractivity contribution in [3.05, 3.63) is 56.7 Å². The largest absolute Gasteiger partial charge is 0.383 e. The van der Waals surface area contributed by atoms with Gasteiger partial charge in [0.1, 0.15) is 4.83 Å². The molecule has 2 aromatic heterocycles. The van der Waals surface area contributed by atoms with Crippen LogP contribution in [0, 0.1) is 13.8 Å². The highest BCUT2D eigenvalue weighted by molar-refractivity contribution is 8.00. The minimum Gasteiger partial charge on any atom is -0.383 e. The second-order valence-electron chi connectivity index (χ2n) is 8.00. The molecule has 1 N–H and O–H groups in total. The van der Waals surface area contributed by atoms with Crippen LogP contribution in [-0.4, -0.2) is 40.5 Å². The number of methoxy groups -OCH3 is 1. The molecule has 1 aromatic carbocycles. The number of amides is 1. The Kier molecular flexibility index (Phi) is 8.51. The number of aromatic nitrogens is 2. The van der Waals surface area contributed by atoms with Crippen molar-refractivity contribution in [3.63, 3.8) is 0 Å². The van der Waals surface area contributed by atoms with Gasteiger partial charge in [-0.2, -0.15) is 0 Å². The van der Waals surface area contributed by atoms with Crippen LogP contribution in [0.3, 0.4) is 0 Å². The number of nitrogens with one attached hydrogen (secondary N) is 1. The summed E-state index contributed by atoms with van der Waals surface area (Å²) < 4.78 is 6.84. The Balaban J connectivity index is 1.72. The number of aryl methyl sites for hydroxylation is 3. The van der Waals surface area contributed by atoms with Gasteiger partial charge in [-0.25, -0.2) is 4.98 Å². The van der Waals surface area contributed by atoms with Crippen LogP contribution in [0.5, 0.6) is 0 Å². The van der Waals surface area contributed by atoms with Gasteiger partial charge in [0.05, 0.1) is 23.8 Å². The summed E-state index contributed by atoms with van der Waals surface area (Å²) in [6.07, 6.45) is 1.78. The molecule has 6 nitrogen and oxygen atoms in total. The zero-order valence-electron chi connectivity index (χ0n) is 19.3. The lowest BCUT2D eigenvalue weighted by molar-refractivity contribution is -0.120. The first-order chi connectivity index (χ1) is 15.3. The molecule has 3 rings (SSSR count). The number of fused-ring (bicyclic) bond motifs is 1. The SMILES string of the molecule is COCCn1c(S[C@@H](C)C(=O)N[C@H](C)CCc2ccccc2)nc2sc(C)c(C)c2c1=O. The Morgan fingerprint density at radius 3 is 2.66 bits per heavy atom. The third-order valence-electron chi connectivity index (χ3n) is 5.52. The van der Waals surface area contributed by atoms with Gasteiger partial charge < -0.3 is 10.1 Å². The summed E-state index contributed by atoms with van der Waals surface area (Å²) in [6.45, 7) is 8.63. The third kappa shape index (κ3) is 5.79. The van der Waals surface area contributed by atoms with E-state index in [0.29, 0.717) is 23.7 Å². The predicted molar refractivity (Wildman–Crippen MR) is 133 cm³/mol. The van der Waals surface area contributed by atoms with Crippen LogP contribution in [-0.2, 0) is 22.5 Å². The highest BCUT2D eigenvalue weighted by Crippen LogP contribution is 2.29. The van der Waals surface area contributed by atoms with Gasteiger partial charge in [0, 0.05) is 18.0 Å². The van der Waals surface area contributed by atoms with Crippen molar-refractivity contribution in [2.24, 2.45) is 0 Å². The van der Waals surface area contributed by atoms with E-state index in [9.17, 15) is 9.59 Å². The van der Waals surface area contributed by atoms with Crippen LogP contribution in [0.4, 0.5) is 0 Å². The minimum absolute atomic E-state index is 0.0539. The number of hydrogen-bond donors (Lipinski definition) is 1. The molecule has 172 valence electrons. The molecule has 0 aliphatic heterocycles. The molecule has 0 saturated carbocycles. The van der Waals surface area contributed by atoms with Crippen molar-refractivity contribution in [1.29, 1.82) is 0 Å². The monoisotopic (exact) mass is 473 g/mol. The van der Waals surface area contributed by atoms with E-state index in [1.807, 2.05) is 45.9 Å². The second kappa shape index (κ2) is 11.1. The van der Waals surface area contributed by atoms with Gasteiger partial charge in [0.2, 0.25) is 5.91 Å². The van der Waals surface area contributed by atoms with E-state index in [-0.39, 0.29) is 22.8 Å². The predicted octanol–water partition coefficient (Wildman–Crippen LogP) is 4.34. The maximum absolute atomic E-state index is 13.2. The van der Waals surface area contributed by atoms with E-state index in [2.05, 4.69) is 17.4 Å². The lowest BCUT2D eigenvalue weighted by Crippen LogP contribution is -2.38. The van der Waals surface area contributed by atoms with Gasteiger partial charge in [-0.15, -0.1) is 11.3 Å². The normalized spacial score (nSPS) is 13.3. The Morgan fingerprint density at radius 2 is 1.97 bits per heavy atom. The van der Waals surface area contributed by atoms with Crippen LogP contribution < -0.4 is 10.9 Å². The van der Waals surface area contributed by atoms with Crippen molar-refractivity contribution < 1.29 is 9.53 Å². The zero-order valence-corrected chi connectivity index (χ0v) is 20.9. The van der Waals surface area contributed by atoms with Crippen LogP contribution in [0.15, 0.2) is 40.3 Å². The van der Waals surface area contributed by atoms with Crippen molar-refractivity contribution in [2.45, 2.75) is 63.5 Å². The first-order valence-corrected chi connectivity index (χ1v) is 12.5. The van der Waals surface area contributed by atoms with Crippen molar-refractivity contribution in [3.8, 4) is 0 Å². The smallest absolute Gasteiger partial charge is 0.263 e. The van der Waals surface area contributed by atoms with E-state index < -0.39 is 0 Å². The molecule has 0 aliphatic rings. The molecule has 0 saturated heterocycles. The van der Waals surface area contributed by atoms with Gasteiger partial charge in [-0.05, 0) is 51.7 Å². The molecule has 0 fully saturated rings. The van der Waals surface area contributed by atoms with E-state index >= 15 is 0 Å². The number of thioether (sulfide) groups is 1. The summed E-state index contributed by atoms with van der Waals surface area (Å²) in [5, 5.41) is 3.94. The molecule has 32 heavy (non-hydrogen) atoms. The minimum atomic E-state index is -0.380. The second-order valence-corrected chi connectivity index (χ2v) is 10.5. The Labute approximate surface area is 197 Å². The summed E-state index contributed by atoms with van der Waals surface area (Å²) in [5.41, 5.74) is 2.17. The van der Waals surface area contributed by atoms with Crippen LogP contribution in [0.2, 0.25) is 0 Å². The molecule has 2 atom stereocenters. The number of rotatable bonds is 10. The molecule has 0 bridgehead atoms. The Bertz CT molecular complexity index is 1120. The Hall–Kier alpha value is -2.16. The lowest BCUT2D eigenvalue weighted by atomic mass is 10.1. The maximum Gasteiger partial charge on any atom is 0.263 e. The number of carbonyl (C=O) groups is 1. The molecular formula is C24H31N3O3S2. The standard InChI is InChI=1S/C24H31N3O3S2/c1-15(11-12-19-9-7-6-8-10-19)25-21(28)18(4)32-24-26-22-20(16(2)17(3)31-22)23(29)27(24)13-14-30-5/h6-10,15,18H,11-14H2,1-5H3,(H,25,28)/t15-,18+/m1/s1. The molecule has 0 radical (unpaired) electrons. The van der Waals surface area contributed by atoms with Gasteiger partial charge in [-0.3, -0.25) is 14.2 Å². The number of nitrogens with zero attached hydrogens (tertiary/aromatic N) is 2. The summed E-state index contributed by atoms with van der Waals surface area (Å²) in [7, 11) is 1.61. The number of hydrogen-bond acceptors (Lipinski definition) is 6. The van der Waals surface area contributed by atoms with E-state index in [1.165, 1.54) is 28.7 Å². The fraction of sp³-hybridized carbons (Fsp3) is 0.458. The van der Waals surface area contributed by atoms with Crippen LogP contribution in [0.25, 0.3) is 10.2 Å². The molecule has 8 heteroatoms. The summed E-state index contributed by atoms with van der Waals surface area (Å²) in [4.78, 5) is 32.6. The third-order valence-corrected chi connectivity index (χ3v) is 7.71. The van der Waals surface area contributed by atoms with Gasteiger partial charge in [0.15, 0.2) is 5.16 Å². The molecule has 3 aromatic rings. The van der Waals surface area contributed by atoms with E-state index in [1.54, 1.807) is 11.7 Å². The van der Waals surface area contributed by atoms with Gasteiger partial charge in [-0.1, -0.05) is 42.1 Å². The first kappa shape index (κ1) is 24.5. The van der Waals surface area contributed by atoms with Crippen molar-refractivity contribution in [1.82, 2.24) is 14.9 Å². The summed E-state index contributed by atoms with van der Waals surface area (Å²) in [5.74, 6) is -0.0539. The zero-order chi connectivity index (χ0) is 23.3. The first-order valence-electron chi connectivity index (χ1n) is 10.8. The highest BCUT2D eigenvalue weighted by atomic mass is 32.2. The quantitative estimate of drug-likeness (QED) is 0.350. The van der Waals surface area contributed by atoms with Gasteiger partial charge >= 0.3 is 0 Å². The molecule has 1 amide bonds. The fourth-order valence-corrected chi connectivity index (χ4v) is 5.46. The molecule has 0 spiro atoms. The average Bonchev–Trinajstić information content (AvgIpc) is 3.06. The van der Waals surface area contributed by atoms with E-state index in [4.69, 9.17) is 9.72 Å². The van der Waals surface area contributed by atoms with Crippen LogP contribution >= 0.6 is 23.1 Å². The lowest BCUT2D eigenvalue weighted by Gasteiger charge is -2.18. The van der Waals surface area contributed by atoms with Crippen molar-refractivity contribution >= 4 is 39.2 Å². The number of benzene rings is 1. The highest BCUT2D eigenvalue weighted by Gasteiger charge is 2.22.